The summed E-state index contributed by atoms with van der Waals surface area (Å²) in [6.07, 6.45) is 1.21. The van der Waals surface area contributed by atoms with Gasteiger partial charge in [-0.05, 0) is 41.5 Å². The topological polar surface area (TPSA) is 26.0 Å². The van der Waals surface area contributed by atoms with Crippen LogP contribution in [-0.2, 0) is 12.2 Å². The molecule has 1 aromatic carbocycles. The first kappa shape index (κ1) is 12.7. The number of rotatable bonds is 2. The average molecular weight is 340 g/mol. The van der Waals surface area contributed by atoms with E-state index in [1.165, 1.54) is 33.1 Å². The van der Waals surface area contributed by atoms with Gasteiger partial charge < -0.3 is 5.73 Å². The molecule has 0 saturated heterocycles. The molecule has 4 heteroatoms. The second kappa shape index (κ2) is 5.37. The lowest BCUT2D eigenvalue weighted by atomic mass is 10.1. The van der Waals surface area contributed by atoms with Gasteiger partial charge >= 0.3 is 0 Å². The number of hydrogen-bond acceptors (Lipinski definition) is 3. The van der Waals surface area contributed by atoms with Gasteiger partial charge in [0.15, 0.2) is 0 Å². The van der Waals surface area contributed by atoms with Gasteiger partial charge in [0.25, 0.3) is 0 Å². The molecule has 2 heterocycles. The number of benzene rings is 1. The minimum atomic E-state index is 0.0127. The molecule has 94 valence electrons. The van der Waals surface area contributed by atoms with E-state index in [0.717, 1.165) is 10.2 Å². The maximum Gasteiger partial charge on any atom is 0.0646 e. The summed E-state index contributed by atoms with van der Waals surface area (Å²) in [7, 11) is 0. The van der Waals surface area contributed by atoms with Crippen molar-refractivity contribution in [2.45, 2.75) is 18.2 Å². The molecule has 1 atom stereocenters. The SMILES string of the molecule is NC(c1ccc(Br)cc1)c1cc2c(s1)CCSC2. The lowest BCUT2D eigenvalue weighted by molar-refractivity contribution is 0.892. The molecule has 1 unspecified atom stereocenters. The third-order valence-electron chi connectivity index (χ3n) is 3.18. The molecule has 0 fully saturated rings. The fourth-order valence-electron chi connectivity index (χ4n) is 2.16. The zero-order valence-corrected chi connectivity index (χ0v) is 13.1. The molecule has 1 aromatic heterocycles. The first-order chi connectivity index (χ1) is 8.74. The van der Waals surface area contributed by atoms with E-state index in [0.29, 0.717) is 0 Å². The molecular weight excluding hydrogens is 326 g/mol. The summed E-state index contributed by atoms with van der Waals surface area (Å²) in [5, 5.41) is 0. The Morgan fingerprint density at radius 1 is 1.22 bits per heavy atom. The molecular formula is C14H14BrNS2. The standard InChI is InChI=1S/C14H14BrNS2/c15-11-3-1-9(2-4-11)14(16)13-7-10-8-17-6-5-12(10)18-13/h1-4,7,14H,5-6,8,16H2. The Kier molecular flexibility index (Phi) is 3.80. The van der Waals surface area contributed by atoms with Gasteiger partial charge in [-0.15, -0.1) is 11.3 Å². The lowest BCUT2D eigenvalue weighted by Crippen LogP contribution is -2.09. The molecule has 0 saturated carbocycles. The van der Waals surface area contributed by atoms with Gasteiger partial charge in [-0.1, -0.05) is 28.1 Å². The van der Waals surface area contributed by atoms with Crippen LogP contribution in [0.5, 0.6) is 0 Å². The number of fused-ring (bicyclic) bond motifs is 1. The minimum absolute atomic E-state index is 0.0127. The monoisotopic (exact) mass is 339 g/mol. The van der Waals surface area contributed by atoms with E-state index in [9.17, 15) is 0 Å². The van der Waals surface area contributed by atoms with Crippen molar-refractivity contribution in [3.05, 3.63) is 55.7 Å². The van der Waals surface area contributed by atoms with Gasteiger partial charge in [0.05, 0.1) is 6.04 Å². The maximum atomic E-state index is 6.37. The Labute approximate surface area is 124 Å². The number of nitrogens with two attached hydrogens (primary N) is 1. The summed E-state index contributed by atoms with van der Waals surface area (Å²) in [6, 6.07) is 10.6. The van der Waals surface area contributed by atoms with Crippen molar-refractivity contribution in [1.29, 1.82) is 0 Å². The number of thiophene rings is 1. The fraction of sp³-hybridized carbons (Fsp3) is 0.286. The molecule has 18 heavy (non-hydrogen) atoms. The molecule has 3 rings (SSSR count). The molecule has 1 nitrogen and oxygen atoms in total. The number of aryl methyl sites for hydroxylation is 1. The summed E-state index contributed by atoms with van der Waals surface area (Å²) >= 11 is 7.37. The molecule has 0 aliphatic carbocycles. The molecule has 0 bridgehead atoms. The smallest absolute Gasteiger partial charge is 0.0646 e. The van der Waals surface area contributed by atoms with Gasteiger partial charge in [0.1, 0.15) is 0 Å². The highest BCUT2D eigenvalue weighted by molar-refractivity contribution is 9.10. The zero-order chi connectivity index (χ0) is 12.5. The molecule has 0 amide bonds. The van der Waals surface area contributed by atoms with Crippen LogP contribution in [0.2, 0.25) is 0 Å². The highest BCUT2D eigenvalue weighted by Crippen LogP contribution is 2.35. The van der Waals surface area contributed by atoms with E-state index in [-0.39, 0.29) is 6.04 Å². The second-order valence-electron chi connectivity index (χ2n) is 4.43. The second-order valence-corrected chi connectivity index (χ2v) is 7.62. The molecule has 0 radical (unpaired) electrons. The minimum Gasteiger partial charge on any atom is -0.320 e. The third kappa shape index (κ3) is 2.52. The van der Waals surface area contributed by atoms with Crippen LogP contribution >= 0.6 is 39.0 Å². The predicted octanol–water partition coefficient (Wildman–Crippen LogP) is 4.35. The Morgan fingerprint density at radius 3 is 2.72 bits per heavy atom. The molecule has 2 N–H and O–H groups in total. The van der Waals surface area contributed by atoms with Crippen LogP contribution in [0.4, 0.5) is 0 Å². The normalized spacial score (nSPS) is 16.3. The summed E-state index contributed by atoms with van der Waals surface area (Å²) in [5.74, 6) is 2.40. The van der Waals surface area contributed by atoms with Crippen molar-refractivity contribution < 1.29 is 0 Å². The highest BCUT2D eigenvalue weighted by atomic mass is 79.9. The van der Waals surface area contributed by atoms with Gasteiger partial charge in [0.2, 0.25) is 0 Å². The van der Waals surface area contributed by atoms with Crippen LogP contribution in [0.1, 0.15) is 26.9 Å². The van der Waals surface area contributed by atoms with E-state index in [1.807, 2.05) is 23.1 Å². The summed E-state index contributed by atoms with van der Waals surface area (Å²) in [5.41, 5.74) is 9.05. The van der Waals surface area contributed by atoms with Crippen molar-refractivity contribution in [2.75, 3.05) is 5.75 Å². The maximum absolute atomic E-state index is 6.37. The van der Waals surface area contributed by atoms with Crippen molar-refractivity contribution in [3.8, 4) is 0 Å². The third-order valence-corrected chi connectivity index (χ3v) is 6.04. The fourth-order valence-corrected chi connectivity index (χ4v) is 4.83. The Hall–Kier alpha value is -0.290. The quantitative estimate of drug-likeness (QED) is 0.880. The van der Waals surface area contributed by atoms with E-state index in [1.54, 1.807) is 0 Å². The van der Waals surface area contributed by atoms with Crippen LogP contribution in [0.3, 0.4) is 0 Å². The van der Waals surface area contributed by atoms with E-state index >= 15 is 0 Å². The van der Waals surface area contributed by atoms with Crippen LogP contribution in [0.15, 0.2) is 34.8 Å². The highest BCUT2D eigenvalue weighted by Gasteiger charge is 2.18. The van der Waals surface area contributed by atoms with Crippen LogP contribution in [0.25, 0.3) is 0 Å². The largest absolute Gasteiger partial charge is 0.320 e. The van der Waals surface area contributed by atoms with Gasteiger partial charge in [0, 0.05) is 20.0 Å². The number of hydrogen-bond donors (Lipinski definition) is 1. The van der Waals surface area contributed by atoms with Gasteiger partial charge in [-0.25, -0.2) is 0 Å². The van der Waals surface area contributed by atoms with Crippen molar-refractivity contribution in [1.82, 2.24) is 0 Å². The first-order valence-electron chi connectivity index (χ1n) is 5.94. The number of thioether (sulfide) groups is 1. The molecule has 1 aliphatic rings. The molecule has 0 spiro atoms. The van der Waals surface area contributed by atoms with Crippen LogP contribution < -0.4 is 5.73 Å². The number of halogens is 1. The Morgan fingerprint density at radius 2 is 2.00 bits per heavy atom. The Bertz CT molecular complexity index is 524. The first-order valence-corrected chi connectivity index (χ1v) is 8.71. The van der Waals surface area contributed by atoms with Gasteiger partial charge in [-0.2, -0.15) is 11.8 Å². The molecule has 1 aliphatic heterocycles. The molecule has 2 aromatic rings. The summed E-state index contributed by atoms with van der Waals surface area (Å²) in [6.45, 7) is 0. The predicted molar refractivity (Wildman–Crippen MR) is 84.4 cm³/mol. The van der Waals surface area contributed by atoms with Crippen molar-refractivity contribution >= 4 is 39.0 Å². The average Bonchev–Trinajstić information content (AvgIpc) is 2.82. The van der Waals surface area contributed by atoms with Crippen LogP contribution in [-0.4, -0.2) is 5.75 Å². The van der Waals surface area contributed by atoms with Crippen LogP contribution in [0, 0.1) is 0 Å². The van der Waals surface area contributed by atoms with Gasteiger partial charge in [-0.3, -0.25) is 0 Å². The zero-order valence-electron chi connectivity index (χ0n) is 9.86. The van der Waals surface area contributed by atoms with Crippen molar-refractivity contribution in [3.63, 3.8) is 0 Å². The van der Waals surface area contributed by atoms with Crippen molar-refractivity contribution in [2.24, 2.45) is 5.73 Å². The summed E-state index contributed by atoms with van der Waals surface area (Å²) in [4.78, 5) is 2.83. The van der Waals surface area contributed by atoms with E-state index in [2.05, 4.69) is 46.3 Å². The lowest BCUT2D eigenvalue weighted by Gasteiger charge is -2.09. The summed E-state index contributed by atoms with van der Waals surface area (Å²) < 4.78 is 1.10. The Balaban J connectivity index is 1.89. The van der Waals surface area contributed by atoms with E-state index < -0.39 is 0 Å². The van der Waals surface area contributed by atoms with E-state index in [4.69, 9.17) is 5.73 Å².